The Kier molecular flexibility index (Phi) is 6.33. The van der Waals surface area contributed by atoms with E-state index in [2.05, 4.69) is 10.3 Å². The van der Waals surface area contributed by atoms with Crippen LogP contribution in [-0.2, 0) is 24.2 Å². The minimum Gasteiger partial charge on any atom is -0.497 e. The van der Waals surface area contributed by atoms with Gasteiger partial charge in [-0.25, -0.2) is 9.78 Å². The molecule has 0 spiro atoms. The molecule has 1 aliphatic rings. The maximum atomic E-state index is 12.7. The average Bonchev–Trinajstić information content (AvgIpc) is 3.26. The number of anilines is 1. The summed E-state index contributed by atoms with van der Waals surface area (Å²) in [5.74, 6) is -0.228. The highest BCUT2D eigenvalue weighted by Gasteiger charge is 2.19. The maximum Gasteiger partial charge on any atom is 0.338 e. The zero-order valence-electron chi connectivity index (χ0n) is 19.1. The predicted octanol–water partition coefficient (Wildman–Crippen LogP) is 4.25. The van der Waals surface area contributed by atoms with Crippen molar-refractivity contribution in [3.63, 3.8) is 0 Å². The summed E-state index contributed by atoms with van der Waals surface area (Å²) in [4.78, 5) is 44.2. The number of fused-ring (bicyclic) bond motifs is 3. The van der Waals surface area contributed by atoms with E-state index in [1.807, 2.05) is 0 Å². The molecule has 178 valence electrons. The molecule has 1 amide bonds. The number of aryl methyl sites for hydroxylation is 2. The van der Waals surface area contributed by atoms with Crippen LogP contribution in [0.15, 0.2) is 59.4 Å². The lowest BCUT2D eigenvalue weighted by Crippen LogP contribution is -2.18. The van der Waals surface area contributed by atoms with E-state index in [1.54, 1.807) is 60.0 Å². The standard InChI is InChI=1S/C26H23N3O5S/c1-33-20-11-9-16(10-12-20)24(31)27-18-6-4-5-17(13-18)25(32)34-15-19-14-23(30)29-21-7-2-3-8-22(21)35-26(29)28-19/h4-6,9-14H,2-3,7-8,15H2,1H3,(H,27,31). The molecule has 1 aliphatic carbocycles. The lowest BCUT2D eigenvalue weighted by atomic mass is 10.0. The van der Waals surface area contributed by atoms with Gasteiger partial charge in [0.25, 0.3) is 11.5 Å². The van der Waals surface area contributed by atoms with E-state index >= 15 is 0 Å². The maximum absolute atomic E-state index is 12.7. The normalized spacial score (nSPS) is 12.7. The number of methoxy groups -OCH3 is 1. The molecule has 0 atom stereocenters. The number of nitrogens with one attached hydrogen (secondary N) is 1. The molecule has 9 heteroatoms. The number of rotatable bonds is 6. The van der Waals surface area contributed by atoms with Crippen molar-refractivity contribution in [3.8, 4) is 5.75 Å². The Morgan fingerprint density at radius 3 is 2.66 bits per heavy atom. The fraction of sp³-hybridized carbons (Fsp3) is 0.231. The van der Waals surface area contributed by atoms with Gasteiger partial charge in [0, 0.05) is 27.9 Å². The Hall–Kier alpha value is -3.98. The van der Waals surface area contributed by atoms with Crippen molar-refractivity contribution in [2.45, 2.75) is 32.3 Å². The first kappa shape index (κ1) is 22.8. The monoisotopic (exact) mass is 489 g/mol. The molecular weight excluding hydrogens is 466 g/mol. The van der Waals surface area contributed by atoms with E-state index in [1.165, 1.54) is 22.3 Å². The average molecular weight is 490 g/mol. The van der Waals surface area contributed by atoms with Crippen LogP contribution in [0.2, 0.25) is 0 Å². The molecule has 0 unspecified atom stereocenters. The molecule has 0 fully saturated rings. The molecule has 0 radical (unpaired) electrons. The van der Waals surface area contributed by atoms with Crippen molar-refractivity contribution in [2.24, 2.45) is 0 Å². The van der Waals surface area contributed by atoms with Gasteiger partial charge in [-0.05, 0) is 68.1 Å². The van der Waals surface area contributed by atoms with Gasteiger partial charge in [-0.15, -0.1) is 11.3 Å². The molecule has 2 aromatic heterocycles. The van der Waals surface area contributed by atoms with Crippen molar-refractivity contribution in [2.75, 3.05) is 12.4 Å². The smallest absolute Gasteiger partial charge is 0.338 e. The van der Waals surface area contributed by atoms with Crippen LogP contribution in [0.5, 0.6) is 5.75 Å². The number of hydrogen-bond donors (Lipinski definition) is 1. The number of thiazole rings is 1. The van der Waals surface area contributed by atoms with E-state index in [-0.39, 0.29) is 23.6 Å². The van der Waals surface area contributed by atoms with E-state index < -0.39 is 5.97 Å². The molecule has 0 saturated heterocycles. The number of hydrogen-bond acceptors (Lipinski definition) is 7. The van der Waals surface area contributed by atoms with Crippen LogP contribution in [0.3, 0.4) is 0 Å². The predicted molar refractivity (Wildman–Crippen MR) is 132 cm³/mol. The van der Waals surface area contributed by atoms with Gasteiger partial charge in [0.15, 0.2) is 4.96 Å². The van der Waals surface area contributed by atoms with Crippen molar-refractivity contribution in [1.29, 1.82) is 0 Å². The first-order chi connectivity index (χ1) is 17.0. The number of carbonyl (C=O) groups excluding carboxylic acids is 2. The van der Waals surface area contributed by atoms with Gasteiger partial charge in [-0.3, -0.25) is 14.0 Å². The van der Waals surface area contributed by atoms with Crippen molar-refractivity contribution < 1.29 is 19.1 Å². The van der Waals surface area contributed by atoms with E-state index in [0.29, 0.717) is 27.7 Å². The zero-order valence-corrected chi connectivity index (χ0v) is 19.9. The third kappa shape index (κ3) is 4.81. The molecular formula is C26H23N3O5S. The summed E-state index contributed by atoms with van der Waals surface area (Å²) in [6, 6.07) is 14.6. The van der Waals surface area contributed by atoms with Crippen LogP contribution in [0, 0.1) is 0 Å². The van der Waals surface area contributed by atoms with Gasteiger partial charge in [0.2, 0.25) is 0 Å². The topological polar surface area (TPSA) is 99.0 Å². The molecule has 0 bridgehead atoms. The van der Waals surface area contributed by atoms with Crippen LogP contribution < -0.4 is 15.6 Å². The Bertz CT molecular complexity index is 1470. The van der Waals surface area contributed by atoms with Gasteiger partial charge in [-0.1, -0.05) is 6.07 Å². The Balaban J connectivity index is 1.26. The van der Waals surface area contributed by atoms with Crippen LogP contribution in [0.25, 0.3) is 4.96 Å². The number of carbonyl (C=O) groups is 2. The largest absolute Gasteiger partial charge is 0.497 e. The van der Waals surface area contributed by atoms with Gasteiger partial charge in [-0.2, -0.15) is 0 Å². The fourth-order valence-corrected chi connectivity index (χ4v) is 5.34. The zero-order chi connectivity index (χ0) is 24.4. The van der Waals surface area contributed by atoms with Crippen molar-refractivity contribution >= 4 is 33.9 Å². The second-order valence-electron chi connectivity index (χ2n) is 8.22. The quantitative estimate of drug-likeness (QED) is 0.407. The molecule has 5 rings (SSSR count). The highest BCUT2D eigenvalue weighted by Crippen LogP contribution is 2.28. The molecule has 0 saturated carbocycles. The van der Waals surface area contributed by atoms with E-state index in [9.17, 15) is 14.4 Å². The lowest BCUT2D eigenvalue weighted by molar-refractivity contribution is 0.0467. The van der Waals surface area contributed by atoms with Crippen molar-refractivity contribution in [1.82, 2.24) is 9.38 Å². The summed E-state index contributed by atoms with van der Waals surface area (Å²) >= 11 is 1.53. The highest BCUT2D eigenvalue weighted by atomic mass is 32.1. The first-order valence-corrected chi connectivity index (χ1v) is 12.1. The van der Waals surface area contributed by atoms with Crippen LogP contribution in [0.1, 0.15) is 49.8 Å². The fourth-order valence-electron chi connectivity index (χ4n) is 4.11. The number of amides is 1. The minimum atomic E-state index is -0.571. The SMILES string of the molecule is COc1ccc(C(=O)Nc2cccc(C(=O)OCc3cc(=O)n4c5c(sc4n3)CCCC5)c2)cc1. The van der Waals surface area contributed by atoms with Crippen molar-refractivity contribution in [3.05, 3.63) is 92.3 Å². The summed E-state index contributed by atoms with van der Waals surface area (Å²) in [6.07, 6.45) is 4.05. The van der Waals surface area contributed by atoms with Crippen LogP contribution in [0.4, 0.5) is 5.69 Å². The number of ether oxygens (including phenoxy) is 2. The number of esters is 1. The minimum absolute atomic E-state index is 0.116. The number of nitrogens with zero attached hydrogens (tertiary/aromatic N) is 2. The van der Waals surface area contributed by atoms with Crippen LogP contribution >= 0.6 is 11.3 Å². The van der Waals surface area contributed by atoms with E-state index in [4.69, 9.17) is 9.47 Å². The molecule has 35 heavy (non-hydrogen) atoms. The molecule has 4 aromatic rings. The van der Waals surface area contributed by atoms with Gasteiger partial charge in [0.1, 0.15) is 12.4 Å². The second-order valence-corrected chi connectivity index (χ2v) is 9.28. The highest BCUT2D eigenvalue weighted by molar-refractivity contribution is 7.17. The Morgan fingerprint density at radius 2 is 1.86 bits per heavy atom. The number of aromatic nitrogens is 2. The molecule has 0 aliphatic heterocycles. The molecule has 1 N–H and O–H groups in total. The Morgan fingerprint density at radius 1 is 1.06 bits per heavy atom. The number of benzene rings is 2. The summed E-state index contributed by atoms with van der Waals surface area (Å²) in [5, 5.41) is 2.77. The van der Waals surface area contributed by atoms with Gasteiger partial charge >= 0.3 is 5.97 Å². The molecule has 2 aromatic carbocycles. The molecule has 2 heterocycles. The summed E-state index contributed by atoms with van der Waals surface area (Å²) in [7, 11) is 1.56. The Labute approximate surface area is 205 Å². The van der Waals surface area contributed by atoms with Gasteiger partial charge in [0.05, 0.1) is 18.4 Å². The summed E-state index contributed by atoms with van der Waals surface area (Å²) < 4.78 is 12.2. The van der Waals surface area contributed by atoms with Gasteiger partial charge < -0.3 is 14.8 Å². The van der Waals surface area contributed by atoms with Crippen LogP contribution in [-0.4, -0.2) is 28.4 Å². The summed E-state index contributed by atoms with van der Waals surface area (Å²) in [5.41, 5.74) is 2.52. The second kappa shape index (κ2) is 9.71. The lowest BCUT2D eigenvalue weighted by Gasteiger charge is -2.10. The molecule has 8 nitrogen and oxygen atoms in total. The van der Waals surface area contributed by atoms with E-state index in [0.717, 1.165) is 31.4 Å². The summed E-state index contributed by atoms with van der Waals surface area (Å²) in [6.45, 7) is -0.116. The first-order valence-electron chi connectivity index (χ1n) is 11.3. The third-order valence-electron chi connectivity index (χ3n) is 5.87. The third-order valence-corrected chi connectivity index (χ3v) is 7.02.